The average molecular weight is 639 g/mol. The number of nitrogens with zero attached hydrogens (tertiary/aromatic N) is 2. The molecule has 4 aromatic carbocycles. The molecular formula is C36H38N4O5S. The van der Waals surface area contributed by atoms with Gasteiger partial charge in [-0.15, -0.1) is 0 Å². The third kappa shape index (κ3) is 6.41. The van der Waals surface area contributed by atoms with Gasteiger partial charge in [-0.3, -0.25) is 14.4 Å². The molecule has 0 saturated carbocycles. The number of sulfonamides is 1. The summed E-state index contributed by atoms with van der Waals surface area (Å²) < 4.78 is 30.2. The number of hydrogen-bond acceptors (Lipinski definition) is 5. The van der Waals surface area contributed by atoms with Gasteiger partial charge in [0.2, 0.25) is 15.9 Å². The fraction of sp³-hybridized carbons (Fsp3) is 0.306. The van der Waals surface area contributed by atoms with E-state index >= 15 is 0 Å². The first-order valence-corrected chi connectivity index (χ1v) is 17.2. The van der Waals surface area contributed by atoms with Crippen molar-refractivity contribution in [1.29, 1.82) is 0 Å². The van der Waals surface area contributed by atoms with Gasteiger partial charge in [-0.2, -0.15) is 0 Å². The maximum Gasteiger partial charge on any atom is 0.255 e. The minimum Gasteiger partial charge on any atom is -0.341 e. The van der Waals surface area contributed by atoms with Crippen LogP contribution in [-0.4, -0.2) is 67.7 Å². The smallest absolute Gasteiger partial charge is 0.255 e. The van der Waals surface area contributed by atoms with Gasteiger partial charge in [0.05, 0.1) is 4.90 Å². The summed E-state index contributed by atoms with van der Waals surface area (Å²) >= 11 is 0. The second-order valence-electron chi connectivity index (χ2n) is 12.2. The number of anilines is 1. The molecule has 4 aromatic rings. The van der Waals surface area contributed by atoms with Gasteiger partial charge in [0.25, 0.3) is 11.8 Å². The second-order valence-corrected chi connectivity index (χ2v) is 13.9. The highest BCUT2D eigenvalue weighted by Crippen LogP contribution is 2.30. The molecule has 0 aromatic heterocycles. The number of carbonyl (C=O) groups is 3. The second kappa shape index (κ2) is 13.1. The molecule has 1 atom stereocenters. The van der Waals surface area contributed by atoms with Crippen molar-refractivity contribution in [3.05, 3.63) is 107 Å². The summed E-state index contributed by atoms with van der Waals surface area (Å²) in [6, 6.07) is 24.1. The van der Waals surface area contributed by atoms with Crippen LogP contribution in [0.3, 0.4) is 0 Å². The van der Waals surface area contributed by atoms with Crippen LogP contribution in [0.15, 0.2) is 89.8 Å². The molecule has 2 aliphatic heterocycles. The van der Waals surface area contributed by atoms with E-state index in [1.54, 1.807) is 70.5 Å². The molecule has 0 unspecified atom stereocenters. The quantitative estimate of drug-likeness (QED) is 0.286. The lowest BCUT2D eigenvalue weighted by Gasteiger charge is -2.35. The Kier molecular flexibility index (Phi) is 8.93. The Morgan fingerprint density at radius 2 is 1.46 bits per heavy atom. The number of amides is 3. The van der Waals surface area contributed by atoms with E-state index in [2.05, 4.69) is 10.0 Å². The Morgan fingerprint density at radius 3 is 2.20 bits per heavy atom. The normalized spacial score (nSPS) is 17.3. The molecule has 2 saturated heterocycles. The summed E-state index contributed by atoms with van der Waals surface area (Å²) in [4.78, 5) is 43.3. The van der Waals surface area contributed by atoms with E-state index in [4.69, 9.17) is 0 Å². The van der Waals surface area contributed by atoms with Crippen LogP contribution in [-0.2, 0) is 14.8 Å². The van der Waals surface area contributed by atoms with E-state index in [9.17, 15) is 22.8 Å². The van der Waals surface area contributed by atoms with Gasteiger partial charge in [0.15, 0.2) is 0 Å². The first-order valence-electron chi connectivity index (χ1n) is 15.7. The largest absolute Gasteiger partial charge is 0.341 e. The summed E-state index contributed by atoms with van der Waals surface area (Å²) in [7, 11) is -3.92. The van der Waals surface area contributed by atoms with Gasteiger partial charge >= 0.3 is 0 Å². The van der Waals surface area contributed by atoms with Crippen molar-refractivity contribution in [1.82, 2.24) is 14.5 Å². The van der Waals surface area contributed by atoms with Crippen LogP contribution in [0, 0.1) is 13.8 Å². The van der Waals surface area contributed by atoms with Crippen molar-refractivity contribution in [3.8, 4) is 0 Å². The molecule has 238 valence electrons. The molecule has 2 fully saturated rings. The summed E-state index contributed by atoms with van der Waals surface area (Å²) in [6.45, 7) is 5.18. The fourth-order valence-electron chi connectivity index (χ4n) is 6.48. The summed E-state index contributed by atoms with van der Waals surface area (Å²) in [6.07, 6.45) is 2.32. The Hall–Kier alpha value is -4.54. The average Bonchev–Trinajstić information content (AvgIpc) is 3.55. The molecule has 10 heteroatoms. The van der Waals surface area contributed by atoms with Crippen molar-refractivity contribution >= 4 is 44.2 Å². The van der Waals surface area contributed by atoms with E-state index < -0.39 is 16.1 Å². The maximum absolute atomic E-state index is 13.7. The molecule has 2 heterocycles. The molecule has 6 rings (SSSR count). The number of aryl methyl sites for hydroxylation is 2. The van der Waals surface area contributed by atoms with Crippen LogP contribution in [0.2, 0.25) is 0 Å². The van der Waals surface area contributed by atoms with Crippen molar-refractivity contribution in [3.63, 3.8) is 0 Å². The van der Waals surface area contributed by atoms with E-state index in [0.717, 1.165) is 17.5 Å². The molecule has 2 N–H and O–H groups in total. The van der Waals surface area contributed by atoms with Gasteiger partial charge in [-0.1, -0.05) is 60.2 Å². The number of piperidine rings is 1. The van der Waals surface area contributed by atoms with E-state index in [1.165, 1.54) is 0 Å². The lowest BCUT2D eigenvalue weighted by atomic mass is 10.0. The summed E-state index contributed by atoms with van der Waals surface area (Å²) in [5.41, 5.74) is 3.56. The zero-order valence-electron chi connectivity index (χ0n) is 26.0. The number of fused-ring (bicyclic) bond motifs is 1. The minimum absolute atomic E-state index is 0.0754. The fourth-order valence-corrected chi connectivity index (χ4v) is 8.01. The number of likely N-dealkylation sites (tertiary alicyclic amines) is 2. The maximum atomic E-state index is 13.7. The van der Waals surface area contributed by atoms with Crippen LogP contribution < -0.4 is 10.0 Å². The van der Waals surface area contributed by atoms with Crippen LogP contribution in [0.4, 0.5) is 5.69 Å². The Bertz CT molecular complexity index is 1900. The van der Waals surface area contributed by atoms with Gasteiger partial charge < -0.3 is 15.1 Å². The Morgan fingerprint density at radius 1 is 0.761 bits per heavy atom. The van der Waals surface area contributed by atoms with Crippen molar-refractivity contribution in [2.24, 2.45) is 0 Å². The zero-order chi connectivity index (χ0) is 32.4. The molecule has 3 amide bonds. The molecule has 2 aliphatic rings. The van der Waals surface area contributed by atoms with Crippen molar-refractivity contribution in [2.45, 2.75) is 56.5 Å². The van der Waals surface area contributed by atoms with Crippen LogP contribution in [0.5, 0.6) is 0 Å². The molecule has 0 aliphatic carbocycles. The highest BCUT2D eigenvalue weighted by atomic mass is 32.2. The van der Waals surface area contributed by atoms with Crippen LogP contribution in [0.25, 0.3) is 10.8 Å². The predicted octanol–water partition coefficient (Wildman–Crippen LogP) is 5.28. The predicted molar refractivity (Wildman–Crippen MR) is 178 cm³/mol. The first-order chi connectivity index (χ1) is 22.1. The number of rotatable bonds is 7. The molecule has 0 bridgehead atoms. The third-order valence-corrected chi connectivity index (χ3v) is 10.6. The van der Waals surface area contributed by atoms with Crippen LogP contribution >= 0.6 is 0 Å². The first kappa shape index (κ1) is 31.4. The highest BCUT2D eigenvalue weighted by Gasteiger charge is 2.38. The van der Waals surface area contributed by atoms with E-state index in [0.29, 0.717) is 66.5 Å². The number of nitrogens with one attached hydrogen (secondary N) is 2. The molecule has 9 nitrogen and oxygen atoms in total. The molecule has 0 radical (unpaired) electrons. The zero-order valence-corrected chi connectivity index (χ0v) is 26.8. The Labute approximate surface area is 269 Å². The topological polar surface area (TPSA) is 116 Å². The summed E-state index contributed by atoms with van der Waals surface area (Å²) in [5, 5.41) is 4.07. The number of carbonyl (C=O) groups excluding carboxylic acids is 3. The minimum atomic E-state index is -3.92. The van der Waals surface area contributed by atoms with Gasteiger partial charge in [0, 0.05) is 53.3 Å². The van der Waals surface area contributed by atoms with Gasteiger partial charge in [-0.05, 0) is 75.4 Å². The standard InChI is InChI=1S/C36H38N4O5S/c1-24-15-17-26(18-16-24)35(42)40-21-7-13-32(40)36(43)39-22-19-27(20-23-39)38-46(44,45)33-14-6-10-29-30(33)11-5-12-31(29)37-34(41)28-9-4-3-8-25(28)2/h3-6,8-12,14-18,27,32,38H,7,13,19-23H2,1-2H3,(H,37,41)/t32-/m0/s1. The summed E-state index contributed by atoms with van der Waals surface area (Å²) in [5.74, 6) is -0.474. The van der Waals surface area contributed by atoms with E-state index in [1.807, 2.05) is 38.1 Å². The SMILES string of the molecule is Cc1ccc(C(=O)N2CCC[C@H]2C(=O)N2CCC(NS(=O)(=O)c3cccc4c(NC(=O)c5ccccc5C)cccc34)CC2)cc1. The van der Waals surface area contributed by atoms with Gasteiger partial charge in [-0.25, -0.2) is 13.1 Å². The third-order valence-electron chi connectivity index (χ3n) is 9.04. The molecule has 46 heavy (non-hydrogen) atoms. The van der Waals surface area contributed by atoms with Crippen LogP contribution in [0.1, 0.15) is 57.5 Å². The Balaban J connectivity index is 1.11. The van der Waals surface area contributed by atoms with E-state index in [-0.39, 0.29) is 28.7 Å². The monoisotopic (exact) mass is 638 g/mol. The van der Waals surface area contributed by atoms with Gasteiger partial charge in [0.1, 0.15) is 6.04 Å². The van der Waals surface area contributed by atoms with Crippen molar-refractivity contribution in [2.75, 3.05) is 25.0 Å². The molecular weight excluding hydrogens is 600 g/mol. The highest BCUT2D eigenvalue weighted by molar-refractivity contribution is 7.89. The number of hydrogen-bond donors (Lipinski definition) is 2. The lowest BCUT2D eigenvalue weighted by molar-refractivity contribution is -0.136. The van der Waals surface area contributed by atoms with Crippen molar-refractivity contribution < 1.29 is 22.8 Å². The lowest BCUT2D eigenvalue weighted by Crippen LogP contribution is -2.52. The molecule has 0 spiro atoms. The number of benzene rings is 4.